The first-order chi connectivity index (χ1) is 14.0. The van der Waals surface area contributed by atoms with E-state index in [4.69, 9.17) is 4.74 Å². The van der Waals surface area contributed by atoms with Crippen molar-refractivity contribution in [3.63, 3.8) is 0 Å². The smallest absolute Gasteiger partial charge is 0.275 e. The predicted octanol–water partition coefficient (Wildman–Crippen LogP) is 3.83. The maximum absolute atomic E-state index is 12.3. The van der Waals surface area contributed by atoms with Gasteiger partial charge in [0.1, 0.15) is 17.3 Å². The van der Waals surface area contributed by atoms with Gasteiger partial charge in [0.2, 0.25) is 5.91 Å². The molecule has 1 aromatic heterocycles. The summed E-state index contributed by atoms with van der Waals surface area (Å²) >= 11 is 0. The van der Waals surface area contributed by atoms with Crippen LogP contribution in [-0.2, 0) is 4.79 Å². The lowest BCUT2D eigenvalue weighted by Gasteiger charge is -2.08. The maximum atomic E-state index is 12.3. The van der Waals surface area contributed by atoms with Gasteiger partial charge in [-0.1, -0.05) is 0 Å². The molecule has 1 heterocycles. The first kappa shape index (κ1) is 19.8. The van der Waals surface area contributed by atoms with Crippen LogP contribution >= 0.6 is 0 Å². The summed E-state index contributed by atoms with van der Waals surface area (Å²) in [6, 6.07) is 14.3. The summed E-state index contributed by atoms with van der Waals surface area (Å²) in [7, 11) is 0. The van der Waals surface area contributed by atoms with Gasteiger partial charge in [-0.15, -0.1) is 0 Å². The molecule has 3 N–H and O–H groups in total. The van der Waals surface area contributed by atoms with Crippen LogP contribution in [0.5, 0.6) is 5.75 Å². The molecule has 0 saturated heterocycles. The van der Waals surface area contributed by atoms with Gasteiger partial charge in [0.15, 0.2) is 0 Å². The Bertz CT molecular complexity index is 971. The van der Waals surface area contributed by atoms with E-state index in [2.05, 4.69) is 25.9 Å². The fourth-order valence-corrected chi connectivity index (χ4v) is 2.49. The Balaban J connectivity index is 1.58. The number of amides is 2. The molecule has 0 bridgehead atoms. The van der Waals surface area contributed by atoms with E-state index in [0.717, 1.165) is 11.4 Å². The van der Waals surface area contributed by atoms with Crippen molar-refractivity contribution >= 4 is 34.7 Å². The SMILES string of the molecule is CCOc1ccc(Nc2cnc(C(=O)Nc3ccc(NC(C)=O)cc3)cn2)cc1. The van der Waals surface area contributed by atoms with Crippen LogP contribution in [0, 0.1) is 0 Å². The molecule has 0 fully saturated rings. The number of nitrogens with zero attached hydrogens (tertiary/aromatic N) is 2. The lowest BCUT2D eigenvalue weighted by atomic mass is 10.2. The van der Waals surface area contributed by atoms with Gasteiger partial charge in [-0.05, 0) is 55.5 Å². The molecule has 0 atom stereocenters. The molecule has 2 amide bonds. The van der Waals surface area contributed by atoms with Crippen LogP contribution in [0.1, 0.15) is 24.3 Å². The van der Waals surface area contributed by atoms with Crippen LogP contribution in [0.2, 0.25) is 0 Å². The average Bonchev–Trinajstić information content (AvgIpc) is 2.71. The van der Waals surface area contributed by atoms with Crippen LogP contribution in [0.25, 0.3) is 0 Å². The lowest BCUT2D eigenvalue weighted by Crippen LogP contribution is -2.14. The number of nitrogens with one attached hydrogen (secondary N) is 3. The zero-order valence-corrected chi connectivity index (χ0v) is 16.1. The molecule has 0 spiro atoms. The normalized spacial score (nSPS) is 10.1. The molecule has 8 heteroatoms. The zero-order chi connectivity index (χ0) is 20.6. The van der Waals surface area contributed by atoms with Crippen molar-refractivity contribution in [1.82, 2.24) is 9.97 Å². The Hall–Kier alpha value is -3.94. The molecule has 0 radical (unpaired) electrons. The fourth-order valence-electron chi connectivity index (χ4n) is 2.49. The summed E-state index contributed by atoms with van der Waals surface area (Å²) in [5.41, 5.74) is 2.26. The Labute approximate surface area is 168 Å². The Morgan fingerprint density at radius 1 is 0.862 bits per heavy atom. The summed E-state index contributed by atoms with van der Waals surface area (Å²) in [6.45, 7) is 3.98. The molecule has 0 aliphatic carbocycles. The monoisotopic (exact) mass is 391 g/mol. The number of carbonyl (C=O) groups is 2. The number of carbonyl (C=O) groups excluding carboxylic acids is 2. The van der Waals surface area contributed by atoms with E-state index >= 15 is 0 Å². The van der Waals surface area contributed by atoms with E-state index in [1.807, 2.05) is 31.2 Å². The molecule has 2 aromatic carbocycles. The molecule has 0 aliphatic heterocycles. The topological polar surface area (TPSA) is 105 Å². The van der Waals surface area contributed by atoms with Gasteiger partial charge < -0.3 is 20.7 Å². The van der Waals surface area contributed by atoms with Crippen molar-refractivity contribution in [1.29, 1.82) is 0 Å². The third-order valence-corrected chi connectivity index (χ3v) is 3.79. The van der Waals surface area contributed by atoms with E-state index in [-0.39, 0.29) is 17.5 Å². The van der Waals surface area contributed by atoms with Gasteiger partial charge >= 0.3 is 0 Å². The molecule has 29 heavy (non-hydrogen) atoms. The molecule has 3 aromatic rings. The van der Waals surface area contributed by atoms with Gasteiger partial charge in [-0.3, -0.25) is 9.59 Å². The minimum absolute atomic E-state index is 0.156. The largest absolute Gasteiger partial charge is 0.494 e. The summed E-state index contributed by atoms with van der Waals surface area (Å²) < 4.78 is 5.41. The summed E-state index contributed by atoms with van der Waals surface area (Å²) in [5.74, 6) is 0.778. The van der Waals surface area contributed by atoms with Crippen LogP contribution in [0.3, 0.4) is 0 Å². The molecule has 8 nitrogen and oxygen atoms in total. The first-order valence-electron chi connectivity index (χ1n) is 9.04. The number of benzene rings is 2. The number of hydrogen-bond acceptors (Lipinski definition) is 6. The zero-order valence-electron chi connectivity index (χ0n) is 16.1. The second kappa shape index (κ2) is 9.32. The second-order valence-electron chi connectivity index (χ2n) is 6.08. The lowest BCUT2D eigenvalue weighted by molar-refractivity contribution is -0.114. The minimum Gasteiger partial charge on any atom is -0.494 e. The van der Waals surface area contributed by atoms with E-state index < -0.39 is 0 Å². The highest BCUT2D eigenvalue weighted by atomic mass is 16.5. The molecular weight excluding hydrogens is 370 g/mol. The molecule has 0 saturated carbocycles. The van der Waals surface area contributed by atoms with Crippen molar-refractivity contribution in [3.8, 4) is 5.75 Å². The second-order valence-corrected chi connectivity index (χ2v) is 6.08. The van der Waals surface area contributed by atoms with E-state index in [0.29, 0.717) is 23.8 Å². The van der Waals surface area contributed by atoms with Crippen LogP contribution < -0.4 is 20.7 Å². The Morgan fingerprint density at radius 3 is 2.03 bits per heavy atom. The molecule has 0 unspecified atom stereocenters. The highest BCUT2D eigenvalue weighted by molar-refractivity contribution is 6.02. The molecule has 3 rings (SSSR count). The summed E-state index contributed by atoms with van der Waals surface area (Å²) in [4.78, 5) is 31.8. The van der Waals surface area contributed by atoms with Crippen LogP contribution in [-0.4, -0.2) is 28.4 Å². The highest BCUT2D eigenvalue weighted by Gasteiger charge is 2.09. The number of ether oxygens (including phenoxy) is 1. The van der Waals surface area contributed by atoms with Gasteiger partial charge in [-0.25, -0.2) is 9.97 Å². The third kappa shape index (κ3) is 5.77. The van der Waals surface area contributed by atoms with Gasteiger partial charge in [0.25, 0.3) is 5.91 Å². The molecular formula is C21H21N5O3. The van der Waals surface area contributed by atoms with Crippen LogP contribution in [0.15, 0.2) is 60.9 Å². The number of anilines is 4. The van der Waals surface area contributed by atoms with E-state index in [1.54, 1.807) is 24.3 Å². The van der Waals surface area contributed by atoms with Crippen molar-refractivity contribution < 1.29 is 14.3 Å². The van der Waals surface area contributed by atoms with Gasteiger partial charge in [0.05, 0.1) is 19.0 Å². The first-order valence-corrected chi connectivity index (χ1v) is 9.04. The average molecular weight is 391 g/mol. The van der Waals surface area contributed by atoms with Crippen molar-refractivity contribution in [2.75, 3.05) is 22.6 Å². The third-order valence-electron chi connectivity index (χ3n) is 3.79. The predicted molar refractivity (Wildman–Crippen MR) is 112 cm³/mol. The highest BCUT2D eigenvalue weighted by Crippen LogP contribution is 2.19. The molecule has 0 aliphatic rings. The van der Waals surface area contributed by atoms with E-state index in [9.17, 15) is 9.59 Å². The van der Waals surface area contributed by atoms with Crippen LogP contribution in [0.4, 0.5) is 22.9 Å². The minimum atomic E-state index is -0.377. The number of rotatable bonds is 7. The number of aromatic nitrogens is 2. The van der Waals surface area contributed by atoms with Crippen molar-refractivity contribution in [2.45, 2.75) is 13.8 Å². The summed E-state index contributed by atoms with van der Waals surface area (Å²) in [5, 5.41) is 8.52. The quantitative estimate of drug-likeness (QED) is 0.565. The van der Waals surface area contributed by atoms with Crippen molar-refractivity contribution in [2.24, 2.45) is 0 Å². The fraction of sp³-hybridized carbons (Fsp3) is 0.143. The van der Waals surface area contributed by atoms with Gasteiger partial charge in [-0.2, -0.15) is 0 Å². The van der Waals surface area contributed by atoms with E-state index in [1.165, 1.54) is 19.3 Å². The standard InChI is InChI=1S/C21H21N5O3/c1-3-29-18-10-8-16(9-11-18)25-20-13-22-19(12-23-20)21(28)26-17-6-4-15(5-7-17)24-14(2)27/h4-13H,3H2,1-2H3,(H,23,25)(H,24,27)(H,26,28). The maximum Gasteiger partial charge on any atom is 0.275 e. The molecule has 148 valence electrons. The Kier molecular flexibility index (Phi) is 6.36. The van der Waals surface area contributed by atoms with Gasteiger partial charge in [0, 0.05) is 24.0 Å². The summed E-state index contributed by atoms with van der Waals surface area (Å²) in [6.07, 6.45) is 2.89. The van der Waals surface area contributed by atoms with Crippen molar-refractivity contribution in [3.05, 3.63) is 66.6 Å². The number of hydrogen-bond donors (Lipinski definition) is 3. The Morgan fingerprint density at radius 2 is 1.48 bits per heavy atom.